The lowest BCUT2D eigenvalue weighted by molar-refractivity contribution is -0.123. The molecule has 0 spiro atoms. The highest BCUT2D eigenvalue weighted by atomic mass is 32.2. The first-order valence-electron chi connectivity index (χ1n) is 12.5. The number of fused-ring (bicyclic) bond motifs is 1. The highest BCUT2D eigenvalue weighted by molar-refractivity contribution is 7.99. The first-order valence-corrected chi connectivity index (χ1v) is 14.4. The molecule has 0 saturated heterocycles. The Kier molecular flexibility index (Phi) is 5.92. The lowest BCUT2D eigenvalue weighted by atomic mass is 9.48. The quantitative estimate of drug-likeness (QED) is 0.239. The van der Waals surface area contributed by atoms with Crippen LogP contribution in [0.15, 0.2) is 50.8 Å². The number of furan rings is 1. The number of nitrogens with one attached hydrogen (secondary N) is 1. The maximum absolute atomic E-state index is 13.4. The summed E-state index contributed by atoms with van der Waals surface area (Å²) in [5.74, 6) is 3.48. The van der Waals surface area contributed by atoms with Crippen LogP contribution in [0.2, 0.25) is 0 Å². The van der Waals surface area contributed by atoms with Crippen LogP contribution in [0.3, 0.4) is 0 Å². The van der Waals surface area contributed by atoms with E-state index in [4.69, 9.17) is 9.40 Å². The van der Waals surface area contributed by atoms with E-state index in [1.54, 1.807) is 16.9 Å². The molecule has 1 amide bonds. The van der Waals surface area contributed by atoms with Gasteiger partial charge in [-0.2, -0.15) is 0 Å². The first-order chi connectivity index (χ1) is 17.0. The average molecular weight is 510 g/mol. The topological polar surface area (TPSA) is 77.1 Å². The molecule has 6 nitrogen and oxygen atoms in total. The smallest absolute Gasteiger partial charge is 0.263 e. The fourth-order valence-corrected chi connectivity index (χ4v) is 9.08. The van der Waals surface area contributed by atoms with Gasteiger partial charge in [-0.1, -0.05) is 17.8 Å². The molecule has 8 heteroatoms. The molecule has 4 fully saturated rings. The van der Waals surface area contributed by atoms with Crippen LogP contribution < -0.4 is 10.9 Å². The van der Waals surface area contributed by atoms with Gasteiger partial charge in [0, 0.05) is 23.5 Å². The molecule has 184 valence electrons. The molecule has 0 unspecified atom stereocenters. The summed E-state index contributed by atoms with van der Waals surface area (Å²) in [5.41, 5.74) is 0.896. The van der Waals surface area contributed by atoms with Crippen LogP contribution in [-0.4, -0.2) is 27.3 Å². The number of rotatable bonds is 8. The predicted octanol–water partition coefficient (Wildman–Crippen LogP) is 5.72. The van der Waals surface area contributed by atoms with Gasteiger partial charge in [0.25, 0.3) is 5.56 Å². The van der Waals surface area contributed by atoms with Crippen molar-refractivity contribution < 1.29 is 9.21 Å². The van der Waals surface area contributed by atoms with E-state index in [0.717, 1.165) is 23.3 Å². The van der Waals surface area contributed by atoms with Crippen LogP contribution in [0.25, 0.3) is 21.5 Å². The summed E-state index contributed by atoms with van der Waals surface area (Å²) in [5, 5.41) is 6.34. The summed E-state index contributed by atoms with van der Waals surface area (Å²) < 4.78 is 7.13. The van der Waals surface area contributed by atoms with E-state index in [1.807, 2.05) is 17.5 Å². The molecule has 0 radical (unpaired) electrons. The maximum Gasteiger partial charge on any atom is 0.263 e. The zero-order valence-corrected chi connectivity index (χ0v) is 21.6. The van der Waals surface area contributed by atoms with Crippen molar-refractivity contribution in [3.05, 3.63) is 46.8 Å². The van der Waals surface area contributed by atoms with Gasteiger partial charge in [0.2, 0.25) is 5.91 Å². The highest BCUT2D eigenvalue weighted by Gasteiger charge is 2.53. The molecular formula is C27H31N3O3S2. The van der Waals surface area contributed by atoms with Crippen LogP contribution in [-0.2, 0) is 11.3 Å². The van der Waals surface area contributed by atoms with Crippen molar-refractivity contribution in [3.63, 3.8) is 0 Å². The Labute approximate surface area is 213 Å². The first kappa shape index (κ1) is 23.1. The summed E-state index contributed by atoms with van der Waals surface area (Å²) in [6, 6.07) is 3.83. The Morgan fingerprint density at radius 2 is 2.06 bits per heavy atom. The summed E-state index contributed by atoms with van der Waals surface area (Å²) in [6.07, 6.45) is 11.3. The van der Waals surface area contributed by atoms with Crippen LogP contribution >= 0.6 is 23.1 Å². The number of nitrogens with zero attached hydrogens (tertiary/aromatic N) is 2. The monoisotopic (exact) mass is 509 g/mol. The van der Waals surface area contributed by atoms with Crippen molar-refractivity contribution >= 4 is 39.2 Å². The van der Waals surface area contributed by atoms with Crippen molar-refractivity contribution in [2.24, 2.45) is 23.2 Å². The number of carbonyl (C=O) groups is 1. The van der Waals surface area contributed by atoms with Crippen molar-refractivity contribution in [3.8, 4) is 11.3 Å². The largest absolute Gasteiger partial charge is 0.464 e. The van der Waals surface area contributed by atoms with Crippen LogP contribution in [0.5, 0.6) is 0 Å². The molecule has 0 aliphatic heterocycles. The van der Waals surface area contributed by atoms with E-state index >= 15 is 0 Å². The maximum atomic E-state index is 13.4. The highest BCUT2D eigenvalue weighted by Crippen LogP contribution is 2.61. The molecular weight excluding hydrogens is 478 g/mol. The minimum Gasteiger partial charge on any atom is -0.464 e. The molecule has 3 heterocycles. The predicted molar refractivity (Wildman–Crippen MR) is 141 cm³/mol. The second kappa shape index (κ2) is 8.96. The third-order valence-corrected chi connectivity index (χ3v) is 10.3. The standard InChI is InChI=1S/C27H31N3O3S2/c1-3-6-30-25(32)23-20(21-5-4-7-33-21)14-34-24(23)29-26(30)35-15-22(31)28-16(2)27-11-17-8-18(12-27)10-19(9-17)13-27/h3-5,7,14,16-19H,1,6,8-13,15H2,2H3,(H,28,31)/t16-,17?,18?,19?,27?/m0/s1. The third-order valence-electron chi connectivity index (χ3n) is 8.47. The van der Waals surface area contributed by atoms with Crippen LogP contribution in [0, 0.1) is 23.2 Å². The Bertz CT molecular complexity index is 1290. The number of amides is 1. The van der Waals surface area contributed by atoms with Crippen molar-refractivity contribution in [1.82, 2.24) is 14.9 Å². The summed E-state index contributed by atoms with van der Waals surface area (Å²) in [7, 11) is 0. The number of thioether (sulfide) groups is 1. The third kappa shape index (κ3) is 4.08. The normalized spacial score (nSPS) is 27.9. The van der Waals surface area contributed by atoms with Crippen molar-refractivity contribution in [2.45, 2.75) is 63.2 Å². The second-order valence-corrected chi connectivity index (χ2v) is 12.6. The SMILES string of the molecule is C=CCn1c(SCC(=O)N[C@@H](C)C23CC4CC(CC(C4)C2)C3)nc2scc(-c3ccco3)c2c1=O. The zero-order chi connectivity index (χ0) is 24.2. The van der Waals surface area contributed by atoms with Crippen molar-refractivity contribution in [2.75, 3.05) is 5.75 Å². The number of thiophene rings is 1. The average Bonchev–Trinajstić information content (AvgIpc) is 3.49. The summed E-state index contributed by atoms with van der Waals surface area (Å²) in [4.78, 5) is 31.9. The molecule has 3 aromatic heterocycles. The van der Waals surface area contributed by atoms with Crippen LogP contribution in [0.1, 0.15) is 45.4 Å². The molecule has 4 saturated carbocycles. The van der Waals surface area contributed by atoms with E-state index in [0.29, 0.717) is 27.7 Å². The van der Waals surface area contributed by atoms with E-state index in [-0.39, 0.29) is 28.7 Å². The molecule has 4 aliphatic carbocycles. The van der Waals surface area contributed by atoms with Gasteiger partial charge in [-0.25, -0.2) is 4.98 Å². The molecule has 4 bridgehead atoms. The lowest BCUT2D eigenvalue weighted by Crippen LogP contribution is -2.56. The number of carbonyl (C=O) groups excluding carboxylic acids is 1. The van der Waals surface area contributed by atoms with Crippen molar-refractivity contribution in [1.29, 1.82) is 0 Å². The number of allylic oxidation sites excluding steroid dienone is 1. The minimum absolute atomic E-state index is 0.0141. The van der Waals surface area contributed by atoms with Gasteiger partial charge in [0.15, 0.2) is 5.16 Å². The molecule has 4 aliphatic rings. The van der Waals surface area contributed by atoms with Gasteiger partial charge in [-0.15, -0.1) is 17.9 Å². The second-order valence-electron chi connectivity index (χ2n) is 10.8. The minimum atomic E-state index is -0.132. The molecule has 0 aromatic carbocycles. The fourth-order valence-electron chi connectivity index (χ4n) is 7.29. The van der Waals surface area contributed by atoms with Gasteiger partial charge in [-0.3, -0.25) is 14.2 Å². The Balaban J connectivity index is 1.19. The Morgan fingerprint density at radius 3 is 2.69 bits per heavy atom. The number of aromatic nitrogens is 2. The molecule has 1 N–H and O–H groups in total. The van der Waals surface area contributed by atoms with E-state index in [2.05, 4.69) is 18.8 Å². The molecule has 35 heavy (non-hydrogen) atoms. The van der Waals surface area contributed by atoms with Gasteiger partial charge < -0.3 is 9.73 Å². The number of hydrogen-bond donors (Lipinski definition) is 1. The van der Waals surface area contributed by atoms with E-state index in [1.165, 1.54) is 61.6 Å². The van der Waals surface area contributed by atoms with Gasteiger partial charge in [0.1, 0.15) is 10.6 Å². The molecule has 7 rings (SSSR count). The summed E-state index contributed by atoms with van der Waals surface area (Å²) >= 11 is 2.75. The van der Waals surface area contributed by atoms with Gasteiger partial charge >= 0.3 is 0 Å². The number of hydrogen-bond acceptors (Lipinski definition) is 6. The van der Waals surface area contributed by atoms with Crippen LogP contribution in [0.4, 0.5) is 0 Å². The fraction of sp³-hybridized carbons (Fsp3) is 0.519. The van der Waals surface area contributed by atoms with E-state index in [9.17, 15) is 9.59 Å². The van der Waals surface area contributed by atoms with E-state index < -0.39 is 0 Å². The molecule has 3 aromatic rings. The molecule has 1 atom stereocenters. The lowest BCUT2D eigenvalue weighted by Gasteiger charge is -2.59. The zero-order valence-electron chi connectivity index (χ0n) is 20.0. The summed E-state index contributed by atoms with van der Waals surface area (Å²) in [6.45, 7) is 6.35. The Morgan fingerprint density at radius 1 is 1.34 bits per heavy atom. The van der Waals surface area contributed by atoms with Gasteiger partial charge in [0.05, 0.1) is 17.4 Å². The Hall–Kier alpha value is -2.32. The van der Waals surface area contributed by atoms with Gasteiger partial charge in [-0.05, 0) is 80.8 Å².